The molecule has 0 aliphatic carbocycles. The van der Waals surface area contributed by atoms with Gasteiger partial charge in [0.25, 0.3) is 0 Å². The molecule has 1 aromatic carbocycles. The second kappa shape index (κ2) is 7.07. The van der Waals surface area contributed by atoms with Gasteiger partial charge in [0.2, 0.25) is 0 Å². The van der Waals surface area contributed by atoms with Crippen LogP contribution in [-0.4, -0.2) is 48.9 Å². The molecule has 0 bridgehead atoms. The van der Waals surface area contributed by atoms with Crippen LogP contribution in [0, 0.1) is 0 Å². The summed E-state index contributed by atoms with van der Waals surface area (Å²) in [5, 5.41) is 4.72. The van der Waals surface area contributed by atoms with Gasteiger partial charge in [0.1, 0.15) is 0 Å². The molecule has 1 N–H and O–H groups in total. The summed E-state index contributed by atoms with van der Waals surface area (Å²) >= 11 is 0. The number of hydrogen-bond acceptors (Lipinski definition) is 3. The second-order valence-electron chi connectivity index (χ2n) is 5.64. The zero-order valence-electron chi connectivity index (χ0n) is 12.8. The first kappa shape index (κ1) is 14.6. The minimum Gasteiger partial charge on any atom is -0.379 e. The molecule has 2 aromatic rings. The third kappa shape index (κ3) is 3.64. The Morgan fingerprint density at radius 2 is 2.00 bits per heavy atom. The maximum absolute atomic E-state index is 5.40. The quantitative estimate of drug-likeness (QED) is 0.882. The molecular weight excluding hydrogens is 262 g/mol. The van der Waals surface area contributed by atoms with E-state index in [0.29, 0.717) is 0 Å². The van der Waals surface area contributed by atoms with Gasteiger partial charge in [-0.1, -0.05) is 19.1 Å². The van der Waals surface area contributed by atoms with Gasteiger partial charge in [0.15, 0.2) is 0 Å². The highest BCUT2D eigenvalue weighted by Gasteiger charge is 2.10. The Labute approximate surface area is 126 Å². The molecule has 2 heterocycles. The van der Waals surface area contributed by atoms with Crippen LogP contribution in [-0.2, 0) is 17.8 Å². The number of nitrogens with zero attached hydrogens (tertiary/aromatic N) is 2. The molecule has 4 heteroatoms. The van der Waals surface area contributed by atoms with Gasteiger partial charge in [-0.05, 0) is 29.6 Å². The van der Waals surface area contributed by atoms with Gasteiger partial charge in [-0.3, -0.25) is 4.90 Å². The van der Waals surface area contributed by atoms with E-state index in [9.17, 15) is 0 Å². The summed E-state index contributed by atoms with van der Waals surface area (Å²) in [6.45, 7) is 10.1. The minimum absolute atomic E-state index is 0.874. The van der Waals surface area contributed by atoms with E-state index in [1.54, 1.807) is 0 Å². The molecule has 1 saturated heterocycles. The lowest BCUT2D eigenvalue weighted by molar-refractivity contribution is 0.0365. The van der Waals surface area contributed by atoms with Crippen molar-refractivity contribution in [3.8, 4) is 0 Å². The molecule has 0 amide bonds. The molecule has 0 saturated carbocycles. The predicted molar refractivity (Wildman–Crippen MR) is 86.6 cm³/mol. The summed E-state index contributed by atoms with van der Waals surface area (Å²) in [6.07, 6.45) is 2.21. The van der Waals surface area contributed by atoms with Crippen LogP contribution in [0.5, 0.6) is 0 Å². The van der Waals surface area contributed by atoms with Gasteiger partial charge in [-0.25, -0.2) is 0 Å². The summed E-state index contributed by atoms with van der Waals surface area (Å²) in [7, 11) is 0. The fourth-order valence-electron chi connectivity index (χ4n) is 2.88. The average Bonchev–Trinajstić information content (AvgIpc) is 2.94. The van der Waals surface area contributed by atoms with Crippen molar-refractivity contribution in [2.24, 2.45) is 0 Å². The summed E-state index contributed by atoms with van der Waals surface area (Å²) < 4.78 is 7.78. The Morgan fingerprint density at radius 1 is 1.14 bits per heavy atom. The molecule has 21 heavy (non-hydrogen) atoms. The number of ether oxygens (including phenoxy) is 1. The third-order valence-electron chi connectivity index (χ3n) is 4.18. The zero-order chi connectivity index (χ0) is 14.5. The second-order valence-corrected chi connectivity index (χ2v) is 5.64. The maximum Gasteiger partial charge on any atom is 0.0594 e. The van der Waals surface area contributed by atoms with E-state index >= 15 is 0 Å². The van der Waals surface area contributed by atoms with Crippen LogP contribution in [0.4, 0.5) is 0 Å². The lowest BCUT2D eigenvalue weighted by atomic mass is 10.1. The van der Waals surface area contributed by atoms with Gasteiger partial charge in [-0.15, -0.1) is 0 Å². The van der Waals surface area contributed by atoms with Crippen molar-refractivity contribution in [1.82, 2.24) is 14.8 Å². The van der Waals surface area contributed by atoms with Crippen molar-refractivity contribution in [2.75, 3.05) is 39.4 Å². The van der Waals surface area contributed by atoms with Gasteiger partial charge < -0.3 is 14.6 Å². The number of fused-ring (bicyclic) bond motifs is 1. The fraction of sp³-hybridized carbons (Fsp3) is 0.529. The van der Waals surface area contributed by atoms with Crippen LogP contribution in [0.15, 0.2) is 30.5 Å². The van der Waals surface area contributed by atoms with Crippen molar-refractivity contribution < 1.29 is 4.74 Å². The van der Waals surface area contributed by atoms with Crippen LogP contribution in [0.1, 0.15) is 12.5 Å². The molecule has 114 valence electrons. The summed E-state index contributed by atoms with van der Waals surface area (Å²) in [5.41, 5.74) is 2.70. The highest BCUT2D eigenvalue weighted by molar-refractivity contribution is 5.80. The van der Waals surface area contributed by atoms with Crippen LogP contribution in [0.2, 0.25) is 0 Å². The number of nitrogens with one attached hydrogen (secondary N) is 1. The molecule has 0 spiro atoms. The SMILES string of the molecule is CCNCc1ccc2ccn(CCN3CCOCC3)c2c1. The maximum atomic E-state index is 5.40. The first-order valence-electron chi connectivity index (χ1n) is 7.95. The molecular formula is C17H25N3O. The first-order valence-corrected chi connectivity index (χ1v) is 7.95. The number of rotatable bonds is 6. The molecule has 0 unspecified atom stereocenters. The summed E-state index contributed by atoms with van der Waals surface area (Å²) in [4.78, 5) is 2.48. The van der Waals surface area contributed by atoms with Crippen LogP contribution in [0.25, 0.3) is 10.9 Å². The Kier molecular flexibility index (Phi) is 4.91. The normalized spacial score (nSPS) is 16.6. The van der Waals surface area contributed by atoms with Crippen molar-refractivity contribution in [3.05, 3.63) is 36.0 Å². The van der Waals surface area contributed by atoms with Gasteiger partial charge in [-0.2, -0.15) is 0 Å². The lowest BCUT2D eigenvalue weighted by Crippen LogP contribution is -2.38. The van der Waals surface area contributed by atoms with Gasteiger partial charge >= 0.3 is 0 Å². The van der Waals surface area contributed by atoms with Crippen molar-refractivity contribution in [3.63, 3.8) is 0 Å². The molecule has 1 aliphatic rings. The molecule has 0 atom stereocenters. The number of hydrogen-bond donors (Lipinski definition) is 1. The van der Waals surface area contributed by atoms with Crippen molar-refractivity contribution >= 4 is 10.9 Å². The van der Waals surface area contributed by atoms with E-state index in [1.807, 2.05) is 0 Å². The highest BCUT2D eigenvalue weighted by atomic mass is 16.5. The Hall–Kier alpha value is -1.36. The van der Waals surface area contributed by atoms with Crippen LogP contribution in [0.3, 0.4) is 0 Å². The molecule has 1 aromatic heterocycles. The Morgan fingerprint density at radius 3 is 2.81 bits per heavy atom. The molecule has 3 rings (SSSR count). The van der Waals surface area contributed by atoms with Crippen molar-refractivity contribution in [1.29, 1.82) is 0 Å². The summed E-state index contributed by atoms with van der Waals surface area (Å²) in [5.74, 6) is 0. The zero-order valence-corrected chi connectivity index (χ0v) is 12.8. The molecule has 1 fully saturated rings. The van der Waals surface area contributed by atoms with E-state index in [2.05, 4.69) is 52.2 Å². The van der Waals surface area contributed by atoms with Gasteiger partial charge in [0, 0.05) is 44.4 Å². The Bertz CT molecular complexity index is 572. The lowest BCUT2D eigenvalue weighted by Gasteiger charge is -2.26. The highest BCUT2D eigenvalue weighted by Crippen LogP contribution is 2.18. The van der Waals surface area contributed by atoms with Gasteiger partial charge in [0.05, 0.1) is 13.2 Å². The van der Waals surface area contributed by atoms with E-state index in [1.165, 1.54) is 16.5 Å². The molecule has 0 radical (unpaired) electrons. The Balaban J connectivity index is 1.68. The molecule has 1 aliphatic heterocycles. The fourth-order valence-corrected chi connectivity index (χ4v) is 2.88. The predicted octanol–water partition coefficient (Wildman–Crippen LogP) is 2.08. The number of morpholine rings is 1. The van der Waals surface area contributed by atoms with Crippen molar-refractivity contribution in [2.45, 2.75) is 20.0 Å². The molecule has 4 nitrogen and oxygen atoms in total. The summed E-state index contributed by atoms with van der Waals surface area (Å²) in [6, 6.07) is 8.98. The standard InChI is InChI=1S/C17H25N3O/c1-2-18-14-15-3-4-16-5-6-20(17(16)13-15)8-7-19-9-11-21-12-10-19/h3-6,13,18H,2,7-12,14H2,1H3. The van der Waals surface area contributed by atoms with E-state index in [-0.39, 0.29) is 0 Å². The monoisotopic (exact) mass is 287 g/mol. The van der Waals surface area contributed by atoms with E-state index < -0.39 is 0 Å². The third-order valence-corrected chi connectivity index (χ3v) is 4.18. The average molecular weight is 287 g/mol. The number of aromatic nitrogens is 1. The largest absolute Gasteiger partial charge is 0.379 e. The number of benzene rings is 1. The minimum atomic E-state index is 0.874. The van der Waals surface area contributed by atoms with E-state index in [0.717, 1.165) is 52.5 Å². The smallest absolute Gasteiger partial charge is 0.0594 e. The first-order chi connectivity index (χ1) is 10.4. The van der Waals surface area contributed by atoms with E-state index in [4.69, 9.17) is 4.74 Å². The van der Waals surface area contributed by atoms with Crippen LogP contribution < -0.4 is 5.32 Å². The topological polar surface area (TPSA) is 29.4 Å². The van der Waals surface area contributed by atoms with Crippen LogP contribution >= 0.6 is 0 Å².